The molecule has 1 fully saturated rings. The maximum atomic E-state index is 12.2. The van der Waals surface area contributed by atoms with Crippen molar-refractivity contribution >= 4 is 5.91 Å². The van der Waals surface area contributed by atoms with Crippen LogP contribution in [-0.2, 0) is 11.3 Å². The number of carbonyl (C=O) groups is 1. The van der Waals surface area contributed by atoms with Crippen molar-refractivity contribution in [2.45, 2.75) is 32.7 Å². The van der Waals surface area contributed by atoms with Gasteiger partial charge in [0.25, 0.3) is 0 Å². The summed E-state index contributed by atoms with van der Waals surface area (Å²) in [5, 5.41) is 7.08. The lowest BCUT2D eigenvalue weighted by Crippen LogP contribution is -2.42. The highest BCUT2D eigenvalue weighted by molar-refractivity contribution is 5.78. The Morgan fingerprint density at radius 2 is 2.14 bits per heavy atom. The number of hydrogen-bond donors (Lipinski definition) is 1. The largest absolute Gasteiger partial charge is 0.493 e. The smallest absolute Gasteiger partial charge is 0.241 e. The van der Waals surface area contributed by atoms with Gasteiger partial charge in [-0.1, -0.05) is 12.1 Å². The fourth-order valence-corrected chi connectivity index (χ4v) is 3.41. The summed E-state index contributed by atoms with van der Waals surface area (Å²) in [6.07, 6.45) is 2.86. The lowest BCUT2D eigenvalue weighted by atomic mass is 9.97. The summed E-state index contributed by atoms with van der Waals surface area (Å²) >= 11 is 0. The summed E-state index contributed by atoms with van der Waals surface area (Å²) in [5.74, 6) is 2.47. The Morgan fingerprint density at radius 3 is 2.89 bits per heavy atom. The molecule has 1 N–H and O–H groups in total. The zero-order valence-corrected chi connectivity index (χ0v) is 16.7. The SMILES string of the molecule is CCCNC(=O)[C@H]1CCCN(Cc2nc(-c3ccc(OC)c(OC)c3)no2)C1. The number of rotatable bonds is 8. The Morgan fingerprint density at radius 1 is 1.32 bits per heavy atom. The van der Waals surface area contributed by atoms with E-state index in [-0.39, 0.29) is 11.8 Å². The molecule has 3 rings (SSSR count). The first-order valence-electron chi connectivity index (χ1n) is 9.69. The van der Waals surface area contributed by atoms with Crippen LogP contribution in [0, 0.1) is 5.92 Å². The molecule has 28 heavy (non-hydrogen) atoms. The Balaban J connectivity index is 1.63. The van der Waals surface area contributed by atoms with Gasteiger partial charge in [-0.05, 0) is 44.0 Å². The summed E-state index contributed by atoms with van der Waals surface area (Å²) in [4.78, 5) is 19.0. The maximum absolute atomic E-state index is 12.2. The van der Waals surface area contributed by atoms with Gasteiger partial charge in [0.2, 0.25) is 17.6 Å². The van der Waals surface area contributed by atoms with Crippen molar-refractivity contribution in [3.05, 3.63) is 24.1 Å². The number of amides is 1. The first-order valence-corrected chi connectivity index (χ1v) is 9.69. The highest BCUT2D eigenvalue weighted by atomic mass is 16.5. The Labute approximate surface area is 165 Å². The molecule has 1 saturated heterocycles. The lowest BCUT2D eigenvalue weighted by Gasteiger charge is -2.30. The van der Waals surface area contributed by atoms with Crippen LogP contribution in [0.15, 0.2) is 22.7 Å². The molecule has 2 aromatic rings. The molecule has 2 heterocycles. The van der Waals surface area contributed by atoms with Gasteiger partial charge in [0.05, 0.1) is 26.7 Å². The fourth-order valence-electron chi connectivity index (χ4n) is 3.41. The van der Waals surface area contributed by atoms with E-state index in [4.69, 9.17) is 14.0 Å². The molecule has 1 aliphatic rings. The van der Waals surface area contributed by atoms with Crippen LogP contribution in [0.2, 0.25) is 0 Å². The number of hydrogen-bond acceptors (Lipinski definition) is 7. The molecular formula is C20H28N4O4. The van der Waals surface area contributed by atoms with Crippen LogP contribution in [0.1, 0.15) is 32.1 Å². The molecule has 0 spiro atoms. The average Bonchev–Trinajstić information content (AvgIpc) is 3.20. The summed E-state index contributed by atoms with van der Waals surface area (Å²) < 4.78 is 16.0. The van der Waals surface area contributed by atoms with Crippen molar-refractivity contribution in [3.8, 4) is 22.9 Å². The van der Waals surface area contributed by atoms with E-state index in [9.17, 15) is 4.79 Å². The average molecular weight is 388 g/mol. The fraction of sp³-hybridized carbons (Fsp3) is 0.550. The molecule has 8 heteroatoms. The highest BCUT2D eigenvalue weighted by Gasteiger charge is 2.26. The Hall–Kier alpha value is -2.61. The second-order valence-corrected chi connectivity index (χ2v) is 6.95. The number of nitrogens with one attached hydrogen (secondary N) is 1. The van der Waals surface area contributed by atoms with E-state index in [1.54, 1.807) is 14.2 Å². The van der Waals surface area contributed by atoms with Gasteiger partial charge in [-0.2, -0.15) is 4.98 Å². The van der Waals surface area contributed by atoms with E-state index >= 15 is 0 Å². The van der Waals surface area contributed by atoms with Gasteiger partial charge in [0, 0.05) is 18.7 Å². The zero-order valence-electron chi connectivity index (χ0n) is 16.7. The molecule has 0 unspecified atom stereocenters. The van der Waals surface area contributed by atoms with Gasteiger partial charge in [-0.3, -0.25) is 9.69 Å². The molecule has 0 saturated carbocycles. The van der Waals surface area contributed by atoms with Crippen molar-refractivity contribution in [2.24, 2.45) is 5.92 Å². The minimum Gasteiger partial charge on any atom is -0.493 e. The van der Waals surface area contributed by atoms with Crippen molar-refractivity contribution in [2.75, 3.05) is 33.9 Å². The third-order valence-electron chi connectivity index (χ3n) is 4.89. The molecule has 0 bridgehead atoms. The number of ether oxygens (including phenoxy) is 2. The summed E-state index contributed by atoms with van der Waals surface area (Å²) in [7, 11) is 3.19. The number of methoxy groups -OCH3 is 2. The molecule has 1 amide bonds. The Kier molecular flexibility index (Phi) is 6.86. The number of nitrogens with zero attached hydrogens (tertiary/aromatic N) is 3. The summed E-state index contributed by atoms with van der Waals surface area (Å²) in [6, 6.07) is 5.50. The van der Waals surface area contributed by atoms with Crippen LogP contribution in [0.3, 0.4) is 0 Å². The number of benzene rings is 1. The van der Waals surface area contributed by atoms with Crippen LogP contribution >= 0.6 is 0 Å². The van der Waals surface area contributed by atoms with E-state index in [0.717, 1.165) is 37.9 Å². The molecule has 1 aromatic carbocycles. The van der Waals surface area contributed by atoms with Gasteiger partial charge < -0.3 is 19.3 Å². The molecule has 1 aliphatic heterocycles. The van der Waals surface area contributed by atoms with Crippen LogP contribution < -0.4 is 14.8 Å². The van der Waals surface area contributed by atoms with Crippen LogP contribution in [0.25, 0.3) is 11.4 Å². The highest BCUT2D eigenvalue weighted by Crippen LogP contribution is 2.31. The predicted octanol–water partition coefficient (Wildman–Crippen LogP) is 2.49. The van der Waals surface area contributed by atoms with Gasteiger partial charge >= 0.3 is 0 Å². The van der Waals surface area contributed by atoms with Gasteiger partial charge in [0.1, 0.15) is 0 Å². The van der Waals surface area contributed by atoms with Crippen molar-refractivity contribution in [3.63, 3.8) is 0 Å². The van der Waals surface area contributed by atoms with Gasteiger partial charge in [-0.15, -0.1) is 0 Å². The van der Waals surface area contributed by atoms with E-state index in [1.165, 1.54) is 0 Å². The van der Waals surface area contributed by atoms with E-state index in [1.807, 2.05) is 18.2 Å². The van der Waals surface area contributed by atoms with Gasteiger partial charge in [0.15, 0.2) is 11.5 Å². The van der Waals surface area contributed by atoms with E-state index < -0.39 is 0 Å². The van der Waals surface area contributed by atoms with Crippen molar-refractivity contribution in [1.29, 1.82) is 0 Å². The number of likely N-dealkylation sites (tertiary alicyclic amines) is 1. The Bertz CT molecular complexity index is 792. The minimum atomic E-state index is 0.0218. The second-order valence-electron chi connectivity index (χ2n) is 6.95. The minimum absolute atomic E-state index is 0.0218. The molecule has 1 atom stereocenters. The molecule has 0 aliphatic carbocycles. The topological polar surface area (TPSA) is 89.7 Å². The maximum Gasteiger partial charge on any atom is 0.241 e. The van der Waals surface area contributed by atoms with Gasteiger partial charge in [-0.25, -0.2) is 0 Å². The first-order chi connectivity index (χ1) is 13.6. The lowest BCUT2D eigenvalue weighted by molar-refractivity contribution is -0.126. The zero-order chi connectivity index (χ0) is 19.9. The second kappa shape index (κ2) is 9.54. The molecular weight excluding hydrogens is 360 g/mol. The van der Waals surface area contributed by atoms with E-state index in [0.29, 0.717) is 36.3 Å². The monoisotopic (exact) mass is 388 g/mol. The molecule has 152 valence electrons. The molecule has 1 aromatic heterocycles. The van der Waals surface area contributed by atoms with Crippen molar-refractivity contribution < 1.29 is 18.8 Å². The van der Waals surface area contributed by atoms with E-state index in [2.05, 4.69) is 27.3 Å². The predicted molar refractivity (Wildman–Crippen MR) is 104 cm³/mol. The quantitative estimate of drug-likeness (QED) is 0.743. The first kappa shape index (κ1) is 20.1. The molecule has 8 nitrogen and oxygen atoms in total. The molecule has 0 radical (unpaired) electrons. The normalized spacial score (nSPS) is 17.3. The number of aromatic nitrogens is 2. The standard InChI is InChI=1S/C20H28N4O4/c1-4-9-21-20(25)15-6-5-10-24(12-15)13-18-22-19(23-28-18)14-7-8-16(26-2)17(11-14)27-3/h7-8,11,15H,4-6,9-10,12-13H2,1-3H3,(H,21,25)/t15-/m0/s1. The third-order valence-corrected chi connectivity index (χ3v) is 4.89. The summed E-state index contributed by atoms with van der Waals surface area (Å²) in [6.45, 7) is 4.96. The van der Waals surface area contributed by atoms with Crippen LogP contribution in [-0.4, -0.2) is 54.8 Å². The number of piperidine rings is 1. The van der Waals surface area contributed by atoms with Crippen LogP contribution in [0.4, 0.5) is 0 Å². The van der Waals surface area contributed by atoms with Crippen LogP contribution in [0.5, 0.6) is 11.5 Å². The van der Waals surface area contributed by atoms with Crippen molar-refractivity contribution in [1.82, 2.24) is 20.4 Å². The number of carbonyl (C=O) groups excluding carboxylic acids is 1. The summed E-state index contributed by atoms with van der Waals surface area (Å²) in [5.41, 5.74) is 0.795. The third kappa shape index (κ3) is 4.81.